The Balaban J connectivity index is 1.69. The minimum Gasteiger partial charge on any atom is -0.383 e. The number of halogens is 3. The second kappa shape index (κ2) is 9.50. The molecule has 0 spiro atoms. The van der Waals surface area contributed by atoms with Crippen molar-refractivity contribution >= 4 is 29.3 Å². The molecule has 2 amide bonds. The van der Waals surface area contributed by atoms with E-state index in [1.807, 2.05) is 6.07 Å². The van der Waals surface area contributed by atoms with Crippen LogP contribution in [0.2, 0.25) is 0 Å². The number of aliphatic imine (C=N–C) groups is 2. The van der Waals surface area contributed by atoms with Crippen molar-refractivity contribution in [1.82, 2.24) is 10.6 Å². The first-order chi connectivity index (χ1) is 15.2. The fraction of sp³-hybridized carbons (Fsp3) is 0.238. The molecule has 8 nitrogen and oxygen atoms in total. The van der Waals surface area contributed by atoms with E-state index in [1.165, 1.54) is 31.3 Å². The van der Waals surface area contributed by atoms with Crippen LogP contribution >= 0.6 is 0 Å². The number of benzene rings is 2. The third-order valence-corrected chi connectivity index (χ3v) is 4.62. The molecule has 32 heavy (non-hydrogen) atoms. The lowest BCUT2D eigenvalue weighted by molar-refractivity contribution is -0.123. The van der Waals surface area contributed by atoms with Crippen molar-refractivity contribution in [2.45, 2.75) is 12.6 Å². The van der Waals surface area contributed by atoms with Crippen molar-refractivity contribution in [3.05, 3.63) is 64.7 Å². The average molecular weight is 446 g/mol. The number of carbonyl (C=O) groups excluding carboxylic acids is 2. The van der Waals surface area contributed by atoms with Gasteiger partial charge in [0.1, 0.15) is 12.4 Å². The van der Waals surface area contributed by atoms with Gasteiger partial charge in [-0.15, -0.1) is 0 Å². The van der Waals surface area contributed by atoms with Gasteiger partial charge < -0.3 is 21.7 Å². The molecule has 0 radical (unpaired) electrons. The van der Waals surface area contributed by atoms with Crippen molar-refractivity contribution < 1.29 is 22.8 Å². The number of guanidine groups is 1. The first kappa shape index (κ1) is 22.8. The normalized spacial score (nSPS) is 14.4. The van der Waals surface area contributed by atoms with E-state index in [9.17, 15) is 22.8 Å². The first-order valence-electron chi connectivity index (χ1n) is 9.61. The molecule has 0 aromatic heterocycles. The largest absolute Gasteiger partial charge is 0.405 e. The average Bonchev–Trinajstić information content (AvgIpc) is 2.76. The van der Waals surface area contributed by atoms with Crippen LogP contribution in [0.1, 0.15) is 31.8 Å². The van der Waals surface area contributed by atoms with Gasteiger partial charge in [0.05, 0.1) is 0 Å². The monoisotopic (exact) mass is 446 g/mol. The summed E-state index contributed by atoms with van der Waals surface area (Å²) in [6.45, 7) is -0.841. The Hall–Kier alpha value is -3.89. The number of amides is 2. The van der Waals surface area contributed by atoms with E-state index in [1.54, 1.807) is 17.4 Å². The zero-order valence-electron chi connectivity index (χ0n) is 17.1. The van der Waals surface area contributed by atoms with Crippen molar-refractivity contribution in [1.29, 1.82) is 0 Å². The van der Waals surface area contributed by atoms with E-state index in [4.69, 9.17) is 5.73 Å². The van der Waals surface area contributed by atoms with Crippen molar-refractivity contribution in [2.24, 2.45) is 15.7 Å². The number of nitrogens with zero attached hydrogens (tertiary/aromatic N) is 2. The molecule has 1 aliphatic rings. The summed E-state index contributed by atoms with van der Waals surface area (Å²) in [7, 11) is 1.53. The Bertz CT molecular complexity index is 1080. The summed E-state index contributed by atoms with van der Waals surface area (Å²) in [5.74, 6) is -0.643. The Morgan fingerprint density at radius 1 is 1.16 bits per heavy atom. The smallest absolute Gasteiger partial charge is 0.383 e. The Labute approximate surface area is 181 Å². The first-order valence-corrected chi connectivity index (χ1v) is 9.61. The molecule has 0 saturated carbocycles. The molecule has 0 bridgehead atoms. The van der Waals surface area contributed by atoms with Crippen LogP contribution in [0, 0.1) is 0 Å². The van der Waals surface area contributed by atoms with Crippen LogP contribution in [0.5, 0.6) is 0 Å². The third-order valence-electron chi connectivity index (χ3n) is 4.62. The minimum atomic E-state index is -4.49. The van der Waals surface area contributed by atoms with Gasteiger partial charge in [-0.3, -0.25) is 14.6 Å². The molecule has 1 heterocycles. The predicted molar refractivity (Wildman–Crippen MR) is 115 cm³/mol. The van der Waals surface area contributed by atoms with Gasteiger partial charge in [0.2, 0.25) is 5.96 Å². The van der Waals surface area contributed by atoms with Gasteiger partial charge in [-0.05, 0) is 42.3 Å². The highest BCUT2D eigenvalue weighted by Gasteiger charge is 2.27. The maximum Gasteiger partial charge on any atom is 0.405 e. The highest BCUT2D eigenvalue weighted by molar-refractivity contribution is 6.09. The van der Waals surface area contributed by atoms with Crippen LogP contribution < -0.4 is 21.7 Å². The van der Waals surface area contributed by atoms with Gasteiger partial charge in [-0.25, -0.2) is 0 Å². The van der Waals surface area contributed by atoms with Crippen LogP contribution in [-0.4, -0.2) is 49.9 Å². The highest BCUT2D eigenvalue weighted by Crippen LogP contribution is 2.19. The Morgan fingerprint density at radius 3 is 2.50 bits per heavy atom. The molecule has 11 heteroatoms. The van der Waals surface area contributed by atoms with Gasteiger partial charge >= 0.3 is 6.18 Å². The number of amidine groups is 1. The van der Waals surface area contributed by atoms with Crippen molar-refractivity contribution in [2.75, 3.05) is 25.5 Å². The second-order valence-electron chi connectivity index (χ2n) is 6.92. The molecule has 3 rings (SSSR count). The molecule has 5 N–H and O–H groups in total. The van der Waals surface area contributed by atoms with E-state index in [0.29, 0.717) is 29.8 Å². The summed E-state index contributed by atoms with van der Waals surface area (Å²) < 4.78 is 36.7. The van der Waals surface area contributed by atoms with Crippen molar-refractivity contribution in [3.8, 4) is 0 Å². The fourth-order valence-corrected chi connectivity index (χ4v) is 3.02. The molecule has 1 aliphatic heterocycles. The molecule has 0 fully saturated rings. The fourth-order valence-electron chi connectivity index (χ4n) is 3.02. The van der Waals surface area contributed by atoms with Crippen LogP contribution in [-0.2, 0) is 6.42 Å². The summed E-state index contributed by atoms with van der Waals surface area (Å²) in [4.78, 5) is 31.9. The predicted octanol–water partition coefficient (Wildman–Crippen LogP) is 2.07. The summed E-state index contributed by atoms with van der Waals surface area (Å²) >= 11 is 0. The summed E-state index contributed by atoms with van der Waals surface area (Å²) in [6.07, 6.45) is -3.77. The summed E-state index contributed by atoms with van der Waals surface area (Å²) in [6, 6.07) is 11.0. The van der Waals surface area contributed by atoms with Crippen LogP contribution in [0.3, 0.4) is 0 Å². The molecule has 0 atom stereocenters. The Kier molecular flexibility index (Phi) is 6.76. The molecule has 2 aromatic rings. The number of hydrogen-bond donors (Lipinski definition) is 4. The van der Waals surface area contributed by atoms with Crippen LogP contribution in [0.4, 0.5) is 18.9 Å². The molecule has 0 saturated heterocycles. The van der Waals surface area contributed by atoms with E-state index in [2.05, 4.69) is 20.6 Å². The Morgan fingerprint density at radius 2 is 1.84 bits per heavy atom. The minimum absolute atomic E-state index is 0.0615. The van der Waals surface area contributed by atoms with Gasteiger partial charge in [-0.2, -0.15) is 18.2 Å². The van der Waals surface area contributed by atoms with Crippen LogP contribution in [0.25, 0.3) is 0 Å². The zero-order chi connectivity index (χ0) is 23.3. The quantitative estimate of drug-likeness (QED) is 0.424. The number of hydrogen-bond acceptors (Lipinski definition) is 3. The molecule has 2 aromatic carbocycles. The lowest BCUT2D eigenvalue weighted by Crippen LogP contribution is -2.33. The summed E-state index contributed by atoms with van der Waals surface area (Å²) in [5, 5.41) is 7.62. The van der Waals surface area contributed by atoms with E-state index in [0.717, 1.165) is 5.56 Å². The standard InChI is InChI=1S/C21H21F3N6O2/c1-26-20(29-15-6-7-16-14(10-15)8-9-27-19(16)32)30-17(25)12-2-4-13(5-3-12)18(31)28-11-21(22,23)24/h2-7,10H,8-9,11H2,1H3,(H,27,32)(H,28,31)(H3,25,26,29,30). The number of alkyl halides is 3. The van der Waals surface area contributed by atoms with Gasteiger partial charge in [0.25, 0.3) is 11.8 Å². The second-order valence-corrected chi connectivity index (χ2v) is 6.92. The van der Waals surface area contributed by atoms with Gasteiger partial charge in [-0.1, -0.05) is 12.1 Å². The van der Waals surface area contributed by atoms with E-state index >= 15 is 0 Å². The molecular weight excluding hydrogens is 425 g/mol. The van der Waals surface area contributed by atoms with E-state index < -0.39 is 18.6 Å². The maximum absolute atomic E-state index is 12.2. The highest BCUT2D eigenvalue weighted by atomic mass is 19.4. The number of nitrogens with one attached hydrogen (secondary N) is 3. The van der Waals surface area contributed by atoms with E-state index in [-0.39, 0.29) is 23.3 Å². The number of nitrogens with two attached hydrogens (primary N) is 1. The number of rotatable bonds is 4. The number of carbonyl (C=O) groups is 2. The molecule has 0 aliphatic carbocycles. The van der Waals surface area contributed by atoms with Gasteiger partial charge in [0, 0.05) is 36.0 Å². The zero-order valence-corrected chi connectivity index (χ0v) is 17.1. The molecular formula is C21H21F3N6O2. The topological polar surface area (TPSA) is 121 Å². The SMILES string of the molecule is CN=C(/N=C(\N)c1ccc(C(=O)NCC(F)(F)F)cc1)Nc1ccc2c(c1)CCNC2=O. The lowest BCUT2D eigenvalue weighted by atomic mass is 10.00. The summed E-state index contributed by atoms with van der Waals surface area (Å²) in [5.41, 5.74) is 8.76. The number of fused-ring (bicyclic) bond motifs is 1. The lowest BCUT2D eigenvalue weighted by Gasteiger charge is -2.17. The molecule has 0 unspecified atom stereocenters. The van der Waals surface area contributed by atoms with Gasteiger partial charge in [0.15, 0.2) is 0 Å². The third kappa shape index (κ3) is 5.84. The van der Waals surface area contributed by atoms with Crippen LogP contribution in [0.15, 0.2) is 52.4 Å². The van der Waals surface area contributed by atoms with Crippen molar-refractivity contribution in [3.63, 3.8) is 0 Å². The number of anilines is 1. The molecule has 168 valence electrons. The maximum atomic E-state index is 12.2.